The smallest absolute Gasteiger partial charge is 0.0146 e. The predicted molar refractivity (Wildman–Crippen MR) is 69.3 cm³/mol. The molecule has 0 N–H and O–H groups in total. The van der Waals surface area contributed by atoms with Crippen LogP contribution in [0, 0.1) is 0 Å². The third-order valence-corrected chi connectivity index (χ3v) is 3.53. The lowest BCUT2D eigenvalue weighted by Gasteiger charge is -2.17. The highest BCUT2D eigenvalue weighted by molar-refractivity contribution is 5.75. The molecule has 2 aliphatic carbocycles. The Hall–Kier alpha value is -1.56. The SMILES string of the molecule is CC1=CC=c2ccccc2=C2CCCC=C12. The van der Waals surface area contributed by atoms with Gasteiger partial charge in [0.05, 0.1) is 0 Å². The van der Waals surface area contributed by atoms with Crippen molar-refractivity contribution in [3.8, 4) is 0 Å². The van der Waals surface area contributed by atoms with Crippen molar-refractivity contribution in [2.24, 2.45) is 0 Å². The van der Waals surface area contributed by atoms with Gasteiger partial charge in [0.25, 0.3) is 0 Å². The lowest BCUT2D eigenvalue weighted by atomic mass is 9.88. The van der Waals surface area contributed by atoms with E-state index in [1.807, 2.05) is 0 Å². The van der Waals surface area contributed by atoms with Crippen LogP contribution in [0.3, 0.4) is 0 Å². The zero-order chi connectivity index (χ0) is 11.0. The van der Waals surface area contributed by atoms with E-state index in [2.05, 4.69) is 49.4 Å². The molecule has 0 saturated heterocycles. The van der Waals surface area contributed by atoms with Crippen LogP contribution >= 0.6 is 0 Å². The molecule has 0 radical (unpaired) electrons. The molecule has 80 valence electrons. The number of hydrogen-bond donors (Lipinski definition) is 0. The predicted octanol–water partition coefficient (Wildman–Crippen LogP) is 2.69. The van der Waals surface area contributed by atoms with E-state index < -0.39 is 0 Å². The van der Waals surface area contributed by atoms with Crippen molar-refractivity contribution in [1.29, 1.82) is 0 Å². The Kier molecular flexibility index (Phi) is 2.28. The average molecular weight is 208 g/mol. The summed E-state index contributed by atoms with van der Waals surface area (Å²) in [5.74, 6) is 0. The summed E-state index contributed by atoms with van der Waals surface area (Å²) < 4.78 is 0. The maximum Gasteiger partial charge on any atom is -0.0146 e. The lowest BCUT2D eigenvalue weighted by molar-refractivity contribution is 0.847. The average Bonchev–Trinajstić information content (AvgIpc) is 2.49. The van der Waals surface area contributed by atoms with Crippen molar-refractivity contribution >= 4 is 11.6 Å². The first kappa shape index (κ1) is 9.65. The molecule has 0 heteroatoms. The Morgan fingerprint density at radius 3 is 2.88 bits per heavy atom. The van der Waals surface area contributed by atoms with Crippen molar-refractivity contribution in [3.05, 3.63) is 58.0 Å². The van der Waals surface area contributed by atoms with Crippen LogP contribution in [-0.4, -0.2) is 0 Å². The zero-order valence-electron chi connectivity index (χ0n) is 9.66. The van der Waals surface area contributed by atoms with E-state index in [-0.39, 0.29) is 0 Å². The topological polar surface area (TPSA) is 0 Å². The van der Waals surface area contributed by atoms with Gasteiger partial charge in [-0.25, -0.2) is 0 Å². The summed E-state index contributed by atoms with van der Waals surface area (Å²) in [7, 11) is 0. The fraction of sp³-hybridized carbons (Fsp3) is 0.250. The summed E-state index contributed by atoms with van der Waals surface area (Å²) in [6.45, 7) is 2.22. The van der Waals surface area contributed by atoms with Crippen molar-refractivity contribution in [1.82, 2.24) is 0 Å². The molecule has 3 rings (SSSR count). The van der Waals surface area contributed by atoms with Crippen LogP contribution in [0.25, 0.3) is 11.6 Å². The minimum Gasteiger partial charge on any atom is -0.0767 e. The van der Waals surface area contributed by atoms with Gasteiger partial charge in [0.1, 0.15) is 0 Å². The second kappa shape index (κ2) is 3.79. The minimum absolute atomic E-state index is 1.22. The maximum atomic E-state index is 2.40. The van der Waals surface area contributed by atoms with Crippen LogP contribution in [0.15, 0.2) is 47.6 Å². The molecule has 1 aromatic carbocycles. The van der Waals surface area contributed by atoms with E-state index in [0.29, 0.717) is 0 Å². The summed E-state index contributed by atoms with van der Waals surface area (Å²) in [6, 6.07) is 8.74. The van der Waals surface area contributed by atoms with Gasteiger partial charge in [0, 0.05) is 0 Å². The van der Waals surface area contributed by atoms with Gasteiger partial charge in [-0.15, -0.1) is 0 Å². The standard InChI is InChI=1S/C16H16/c1-12-10-11-13-6-2-3-8-15(13)16-9-5-4-7-14(12)16/h2-3,6-8,10-11H,4-5,9H2,1H3. The molecule has 0 fully saturated rings. The van der Waals surface area contributed by atoms with Gasteiger partial charge in [-0.1, -0.05) is 42.5 Å². The highest BCUT2D eigenvalue weighted by Crippen LogP contribution is 2.29. The van der Waals surface area contributed by atoms with Crippen molar-refractivity contribution in [2.45, 2.75) is 26.2 Å². The fourth-order valence-corrected chi connectivity index (χ4v) is 2.68. The second-order valence-corrected chi connectivity index (χ2v) is 4.59. The molecular formula is C16H16. The number of benzene rings is 1. The highest BCUT2D eigenvalue weighted by atomic mass is 14.2. The van der Waals surface area contributed by atoms with E-state index in [0.717, 1.165) is 0 Å². The molecule has 0 atom stereocenters. The normalized spacial score (nSPS) is 18.7. The van der Waals surface area contributed by atoms with Crippen LogP contribution in [0.5, 0.6) is 0 Å². The second-order valence-electron chi connectivity index (χ2n) is 4.59. The molecular weight excluding hydrogens is 192 g/mol. The van der Waals surface area contributed by atoms with Crippen LogP contribution < -0.4 is 10.4 Å². The largest absolute Gasteiger partial charge is 0.0767 e. The molecule has 0 heterocycles. The van der Waals surface area contributed by atoms with Crippen LogP contribution in [-0.2, 0) is 0 Å². The molecule has 0 bridgehead atoms. The van der Waals surface area contributed by atoms with Crippen molar-refractivity contribution in [2.75, 3.05) is 0 Å². The fourth-order valence-electron chi connectivity index (χ4n) is 2.68. The molecule has 1 aromatic rings. The van der Waals surface area contributed by atoms with Crippen LogP contribution in [0.2, 0.25) is 0 Å². The van der Waals surface area contributed by atoms with E-state index in [4.69, 9.17) is 0 Å². The van der Waals surface area contributed by atoms with Crippen LogP contribution in [0.4, 0.5) is 0 Å². The molecule has 0 nitrogen and oxygen atoms in total. The Labute approximate surface area is 96.3 Å². The number of fused-ring (bicyclic) bond motifs is 2. The summed E-state index contributed by atoms with van der Waals surface area (Å²) in [5, 5.41) is 2.80. The first-order valence-corrected chi connectivity index (χ1v) is 6.04. The molecule has 0 aromatic heterocycles. The summed E-state index contributed by atoms with van der Waals surface area (Å²) >= 11 is 0. The van der Waals surface area contributed by atoms with Gasteiger partial charge in [-0.05, 0) is 53.3 Å². The maximum absolute atomic E-state index is 2.40. The summed E-state index contributed by atoms with van der Waals surface area (Å²) in [6.07, 6.45) is 10.6. The molecule has 0 saturated carbocycles. The summed E-state index contributed by atoms with van der Waals surface area (Å²) in [4.78, 5) is 0. The molecule has 0 aliphatic heterocycles. The van der Waals surface area contributed by atoms with E-state index in [1.54, 1.807) is 5.57 Å². The Bertz CT molecular complexity index is 597. The Morgan fingerprint density at radius 1 is 1.06 bits per heavy atom. The molecule has 2 aliphatic rings. The first-order chi connectivity index (χ1) is 7.86. The first-order valence-electron chi connectivity index (χ1n) is 6.04. The zero-order valence-corrected chi connectivity index (χ0v) is 9.66. The van der Waals surface area contributed by atoms with Gasteiger partial charge in [-0.3, -0.25) is 0 Å². The third-order valence-electron chi connectivity index (χ3n) is 3.53. The molecule has 16 heavy (non-hydrogen) atoms. The number of allylic oxidation sites excluding steroid dienone is 4. The monoisotopic (exact) mass is 208 g/mol. The van der Waals surface area contributed by atoms with Gasteiger partial charge in [0.15, 0.2) is 0 Å². The Morgan fingerprint density at radius 2 is 1.94 bits per heavy atom. The van der Waals surface area contributed by atoms with E-state index in [9.17, 15) is 0 Å². The van der Waals surface area contributed by atoms with Gasteiger partial charge in [-0.2, -0.15) is 0 Å². The third kappa shape index (κ3) is 1.46. The highest BCUT2D eigenvalue weighted by Gasteiger charge is 2.13. The van der Waals surface area contributed by atoms with Crippen molar-refractivity contribution < 1.29 is 0 Å². The summed E-state index contributed by atoms with van der Waals surface area (Å²) in [5.41, 5.74) is 4.43. The number of rotatable bonds is 0. The minimum atomic E-state index is 1.22. The molecule has 0 spiro atoms. The quantitative estimate of drug-likeness (QED) is 0.615. The van der Waals surface area contributed by atoms with Gasteiger partial charge in [0.2, 0.25) is 0 Å². The molecule has 0 unspecified atom stereocenters. The van der Waals surface area contributed by atoms with E-state index in [1.165, 1.54) is 40.8 Å². The van der Waals surface area contributed by atoms with Gasteiger partial charge >= 0.3 is 0 Å². The Balaban J connectivity index is 2.43. The van der Waals surface area contributed by atoms with Crippen molar-refractivity contribution in [3.63, 3.8) is 0 Å². The van der Waals surface area contributed by atoms with Crippen LogP contribution in [0.1, 0.15) is 26.2 Å². The van der Waals surface area contributed by atoms with E-state index >= 15 is 0 Å². The lowest BCUT2D eigenvalue weighted by Crippen LogP contribution is -2.26. The molecule has 0 amide bonds. The van der Waals surface area contributed by atoms with Gasteiger partial charge < -0.3 is 0 Å². The number of hydrogen-bond acceptors (Lipinski definition) is 0.